The highest BCUT2D eigenvalue weighted by Gasteiger charge is 2.23. The molecule has 5 heteroatoms. The van der Waals surface area contributed by atoms with Crippen LogP contribution in [-0.4, -0.2) is 30.7 Å². The van der Waals surface area contributed by atoms with Crippen LogP contribution >= 0.6 is 0 Å². The third-order valence-electron chi connectivity index (χ3n) is 3.39. The lowest BCUT2D eigenvalue weighted by atomic mass is 9.93. The van der Waals surface area contributed by atoms with Gasteiger partial charge in [-0.3, -0.25) is 0 Å². The topological polar surface area (TPSA) is 66.7 Å². The highest BCUT2D eigenvalue weighted by Crippen LogP contribution is 2.31. The number of hydrogen-bond acceptors (Lipinski definition) is 3. The van der Waals surface area contributed by atoms with Crippen molar-refractivity contribution in [1.29, 1.82) is 0 Å². The van der Waals surface area contributed by atoms with E-state index < -0.39 is 0 Å². The Hall–Kier alpha value is -1.62. The fourth-order valence-corrected chi connectivity index (χ4v) is 2.57. The van der Waals surface area contributed by atoms with Crippen molar-refractivity contribution in [2.75, 3.05) is 0 Å². The average molecular weight is 232 g/mol. The predicted octanol–water partition coefficient (Wildman–Crippen LogP) is 1.75. The molecule has 1 saturated carbocycles. The molecule has 2 aromatic heterocycles. The molecule has 1 aliphatic carbocycles. The number of nitrogens with one attached hydrogen (secondary N) is 1. The van der Waals surface area contributed by atoms with Gasteiger partial charge in [-0.2, -0.15) is 0 Å². The van der Waals surface area contributed by atoms with Crippen molar-refractivity contribution in [3.63, 3.8) is 0 Å². The largest absolute Gasteiger partial charge is 0.393 e. The number of aliphatic hydroxyl groups is 1. The third kappa shape index (κ3) is 1.98. The molecule has 0 radical (unpaired) electrons. The maximum atomic E-state index is 9.74. The van der Waals surface area contributed by atoms with E-state index >= 15 is 0 Å². The van der Waals surface area contributed by atoms with E-state index in [1.165, 1.54) is 0 Å². The molecule has 1 aliphatic rings. The summed E-state index contributed by atoms with van der Waals surface area (Å²) in [7, 11) is 0. The molecule has 17 heavy (non-hydrogen) atoms. The molecule has 1 fully saturated rings. The third-order valence-corrected chi connectivity index (χ3v) is 3.39. The van der Waals surface area contributed by atoms with E-state index in [9.17, 15) is 5.11 Å². The minimum Gasteiger partial charge on any atom is -0.393 e. The van der Waals surface area contributed by atoms with Crippen LogP contribution in [0.1, 0.15) is 31.7 Å². The molecule has 0 aliphatic heterocycles. The van der Waals surface area contributed by atoms with Gasteiger partial charge in [-0.15, -0.1) is 0 Å². The zero-order chi connectivity index (χ0) is 11.7. The van der Waals surface area contributed by atoms with E-state index in [0.717, 1.165) is 37.3 Å². The molecule has 90 valence electrons. The molecule has 2 N–H and O–H groups in total. The Labute approximate surface area is 99.5 Å². The van der Waals surface area contributed by atoms with Gasteiger partial charge in [0.1, 0.15) is 0 Å². The van der Waals surface area contributed by atoms with Crippen molar-refractivity contribution in [3.05, 3.63) is 24.8 Å². The van der Waals surface area contributed by atoms with E-state index in [1.807, 2.05) is 6.20 Å². The first-order valence-corrected chi connectivity index (χ1v) is 6.05. The van der Waals surface area contributed by atoms with E-state index in [-0.39, 0.29) is 6.10 Å². The van der Waals surface area contributed by atoms with Gasteiger partial charge in [-0.1, -0.05) is 0 Å². The Morgan fingerprint density at radius 1 is 1.29 bits per heavy atom. The maximum Gasteiger partial charge on any atom is 0.176 e. The molecule has 0 saturated heterocycles. The second-order valence-electron chi connectivity index (χ2n) is 4.57. The summed E-state index contributed by atoms with van der Waals surface area (Å²) < 4.78 is 2.13. The summed E-state index contributed by atoms with van der Waals surface area (Å²) in [6.45, 7) is 0. The lowest BCUT2D eigenvalue weighted by Crippen LogP contribution is -2.22. The summed E-state index contributed by atoms with van der Waals surface area (Å²) in [4.78, 5) is 11.7. The molecule has 2 atom stereocenters. The van der Waals surface area contributed by atoms with Crippen LogP contribution in [0, 0.1) is 0 Å². The Kier molecular flexibility index (Phi) is 2.68. The Balaban J connectivity index is 1.91. The fourth-order valence-electron chi connectivity index (χ4n) is 2.57. The van der Waals surface area contributed by atoms with Crippen LogP contribution in [0.15, 0.2) is 24.8 Å². The number of rotatable bonds is 2. The summed E-state index contributed by atoms with van der Waals surface area (Å²) in [5.41, 5.74) is 0. The number of H-pyrrole nitrogens is 1. The van der Waals surface area contributed by atoms with Gasteiger partial charge in [0, 0.05) is 30.8 Å². The van der Waals surface area contributed by atoms with Crippen molar-refractivity contribution >= 4 is 0 Å². The molecule has 3 rings (SSSR count). The van der Waals surface area contributed by atoms with Gasteiger partial charge in [0.05, 0.1) is 6.10 Å². The van der Waals surface area contributed by atoms with Crippen LogP contribution in [0.3, 0.4) is 0 Å². The first kappa shape index (κ1) is 10.5. The van der Waals surface area contributed by atoms with Gasteiger partial charge >= 0.3 is 0 Å². The summed E-state index contributed by atoms with van der Waals surface area (Å²) in [5, 5.41) is 9.74. The highest BCUT2D eigenvalue weighted by molar-refractivity contribution is 5.43. The number of nitrogens with zero attached hydrogens (tertiary/aromatic N) is 3. The first-order valence-electron chi connectivity index (χ1n) is 6.05. The van der Waals surface area contributed by atoms with Crippen LogP contribution in [0.5, 0.6) is 0 Å². The SMILES string of the molecule is O[C@@H]1CCC[C@H](n2ccnc2-c2ncc[nH]2)C1. The lowest BCUT2D eigenvalue weighted by Gasteiger charge is -2.27. The molecule has 2 aromatic rings. The number of aliphatic hydroxyl groups excluding tert-OH is 1. The second-order valence-corrected chi connectivity index (χ2v) is 4.57. The smallest absolute Gasteiger partial charge is 0.176 e. The van der Waals surface area contributed by atoms with Crippen LogP contribution < -0.4 is 0 Å². The van der Waals surface area contributed by atoms with E-state index in [4.69, 9.17) is 0 Å². The molecule has 0 unspecified atom stereocenters. The van der Waals surface area contributed by atoms with Crippen LogP contribution in [0.2, 0.25) is 0 Å². The summed E-state index contributed by atoms with van der Waals surface area (Å²) in [6, 6.07) is 0.335. The molecule has 0 spiro atoms. The van der Waals surface area contributed by atoms with E-state index in [1.54, 1.807) is 18.6 Å². The molecule has 0 aromatic carbocycles. The van der Waals surface area contributed by atoms with Crippen molar-refractivity contribution in [3.8, 4) is 11.6 Å². The monoisotopic (exact) mass is 232 g/mol. The van der Waals surface area contributed by atoms with Gasteiger partial charge in [0.25, 0.3) is 0 Å². The quantitative estimate of drug-likeness (QED) is 0.829. The van der Waals surface area contributed by atoms with Gasteiger partial charge in [-0.25, -0.2) is 9.97 Å². The molecular formula is C12H16N4O. The van der Waals surface area contributed by atoms with Gasteiger partial charge < -0.3 is 14.7 Å². The zero-order valence-electron chi connectivity index (χ0n) is 9.58. The Morgan fingerprint density at radius 3 is 3.00 bits per heavy atom. The van der Waals surface area contributed by atoms with Crippen molar-refractivity contribution < 1.29 is 5.11 Å². The van der Waals surface area contributed by atoms with Gasteiger partial charge in [0.2, 0.25) is 0 Å². The lowest BCUT2D eigenvalue weighted by molar-refractivity contribution is 0.104. The van der Waals surface area contributed by atoms with Crippen LogP contribution in [0.25, 0.3) is 11.6 Å². The highest BCUT2D eigenvalue weighted by atomic mass is 16.3. The van der Waals surface area contributed by atoms with Crippen molar-refractivity contribution in [2.24, 2.45) is 0 Å². The number of hydrogen-bond donors (Lipinski definition) is 2. The average Bonchev–Trinajstić information content (AvgIpc) is 3.00. The van der Waals surface area contributed by atoms with E-state index in [2.05, 4.69) is 19.5 Å². The number of aromatic nitrogens is 4. The molecule has 0 bridgehead atoms. The normalized spacial score (nSPS) is 25.0. The predicted molar refractivity (Wildman–Crippen MR) is 63.3 cm³/mol. The summed E-state index contributed by atoms with van der Waals surface area (Å²) >= 11 is 0. The Morgan fingerprint density at radius 2 is 2.24 bits per heavy atom. The minimum atomic E-state index is -0.180. The van der Waals surface area contributed by atoms with Gasteiger partial charge in [0.15, 0.2) is 11.6 Å². The number of aromatic amines is 1. The Bertz CT molecular complexity index is 476. The van der Waals surface area contributed by atoms with Crippen molar-refractivity contribution in [2.45, 2.75) is 37.8 Å². The molecular weight excluding hydrogens is 216 g/mol. The van der Waals surface area contributed by atoms with Crippen LogP contribution in [-0.2, 0) is 0 Å². The zero-order valence-corrected chi connectivity index (χ0v) is 9.58. The van der Waals surface area contributed by atoms with Crippen molar-refractivity contribution in [1.82, 2.24) is 19.5 Å². The fraction of sp³-hybridized carbons (Fsp3) is 0.500. The second kappa shape index (κ2) is 4.33. The van der Waals surface area contributed by atoms with E-state index in [0.29, 0.717) is 6.04 Å². The first-order chi connectivity index (χ1) is 8.34. The summed E-state index contributed by atoms with van der Waals surface area (Å²) in [6.07, 6.45) is 11.0. The van der Waals surface area contributed by atoms with Crippen LogP contribution in [0.4, 0.5) is 0 Å². The molecule has 0 amide bonds. The number of imidazole rings is 2. The standard InChI is InChI=1S/C12H16N4O/c17-10-3-1-2-9(8-10)16-7-6-15-12(16)11-13-4-5-14-11/h4-7,9-10,17H,1-3,8H2,(H,13,14)/t9-,10+/m0/s1. The molecule has 2 heterocycles. The minimum absolute atomic E-state index is 0.180. The van der Waals surface area contributed by atoms with Gasteiger partial charge in [-0.05, 0) is 25.7 Å². The molecule has 5 nitrogen and oxygen atoms in total. The maximum absolute atomic E-state index is 9.74. The summed E-state index contributed by atoms with van der Waals surface area (Å²) in [5.74, 6) is 1.64.